The van der Waals surface area contributed by atoms with Gasteiger partial charge >= 0.3 is 0 Å². The Hall–Kier alpha value is -2.86. The van der Waals surface area contributed by atoms with Crippen LogP contribution in [0.15, 0.2) is 91.0 Å². The summed E-state index contributed by atoms with van der Waals surface area (Å²) in [7, 11) is 0. The van der Waals surface area contributed by atoms with Gasteiger partial charge in [-0.3, -0.25) is 0 Å². The van der Waals surface area contributed by atoms with E-state index in [0.29, 0.717) is 0 Å². The van der Waals surface area contributed by atoms with Gasteiger partial charge in [-0.15, -0.1) is 0 Å². The fourth-order valence-corrected chi connectivity index (χ4v) is 4.18. The molecule has 0 unspecified atom stereocenters. The average Bonchev–Trinajstić information content (AvgIpc) is 3.09. The van der Waals surface area contributed by atoms with Crippen molar-refractivity contribution in [3.05, 3.63) is 119 Å². The molecule has 0 saturated heterocycles. The Labute approximate surface area is 142 Å². The van der Waals surface area contributed by atoms with Gasteiger partial charge in [-0.2, -0.15) is 0 Å². The molecule has 24 heavy (non-hydrogen) atoms. The second kappa shape index (κ2) is 5.35. The minimum Gasteiger partial charge on any atom is -0.0722 e. The van der Waals surface area contributed by atoms with Crippen LogP contribution in [-0.2, 0) is 0 Å². The fraction of sp³-hybridized carbons (Fsp3) is 0.0833. The van der Waals surface area contributed by atoms with Crippen LogP contribution >= 0.6 is 0 Å². The van der Waals surface area contributed by atoms with Crippen molar-refractivity contribution in [2.45, 2.75) is 12.3 Å². The monoisotopic (exact) mass is 306 g/mol. The topological polar surface area (TPSA) is 0 Å². The van der Waals surface area contributed by atoms with E-state index in [2.05, 4.69) is 91.0 Å². The zero-order chi connectivity index (χ0) is 15.9. The molecule has 2 aliphatic rings. The quantitative estimate of drug-likeness (QED) is 0.513. The minimum absolute atomic E-state index is 0.283. The summed E-state index contributed by atoms with van der Waals surface area (Å²) < 4.78 is 0. The van der Waals surface area contributed by atoms with Crippen LogP contribution in [-0.4, -0.2) is 0 Å². The summed E-state index contributed by atoms with van der Waals surface area (Å²) in [5, 5.41) is 0. The third-order valence-electron chi connectivity index (χ3n) is 5.19. The molecule has 0 saturated carbocycles. The molecule has 0 bridgehead atoms. The lowest BCUT2D eigenvalue weighted by molar-refractivity contribution is 0.973. The molecule has 0 heterocycles. The third kappa shape index (κ3) is 1.93. The molecule has 3 aromatic rings. The smallest absolute Gasteiger partial charge is 0.0352 e. The van der Waals surface area contributed by atoms with Gasteiger partial charge in [0.15, 0.2) is 0 Å². The summed E-state index contributed by atoms with van der Waals surface area (Å²) in [6, 6.07) is 28.7. The van der Waals surface area contributed by atoms with Crippen molar-refractivity contribution in [1.82, 2.24) is 0 Å². The molecule has 0 aromatic heterocycles. The van der Waals surface area contributed by atoms with Crippen LogP contribution in [0.3, 0.4) is 0 Å². The maximum atomic E-state index is 2.37. The molecule has 0 fully saturated rings. The summed E-state index contributed by atoms with van der Waals surface area (Å²) in [6.07, 6.45) is 5.78. The normalized spacial score (nSPS) is 15.7. The Morgan fingerprint density at radius 2 is 1.04 bits per heavy atom. The first-order valence-corrected chi connectivity index (χ1v) is 8.58. The molecular formula is C24H18. The van der Waals surface area contributed by atoms with Gasteiger partial charge in [0.05, 0.1) is 0 Å². The predicted molar refractivity (Wildman–Crippen MR) is 101 cm³/mol. The molecule has 5 rings (SSSR count). The molecule has 0 aliphatic heterocycles. The van der Waals surface area contributed by atoms with Gasteiger partial charge in [0, 0.05) is 5.92 Å². The highest BCUT2D eigenvalue weighted by molar-refractivity contribution is 6.09. The number of fused-ring (bicyclic) bond motifs is 5. The molecular weight excluding hydrogens is 288 g/mol. The number of benzene rings is 3. The number of allylic oxidation sites excluding steroid dienone is 4. The molecule has 0 radical (unpaired) electrons. The number of rotatable bonds is 1. The standard InChI is InChI=1S/C24H18/c1-2-9-17(10-3-1)24-22-13-6-4-11-20(22)18-15-8-16-19(18)21-12-5-7-14-23(21)24/h1-7,9-16,24H,8H2. The van der Waals surface area contributed by atoms with Crippen molar-refractivity contribution in [3.8, 4) is 0 Å². The Balaban J connectivity index is 1.89. The largest absolute Gasteiger partial charge is 0.0722 e. The summed E-state index contributed by atoms with van der Waals surface area (Å²) in [5.74, 6) is 0.283. The Morgan fingerprint density at radius 3 is 1.62 bits per heavy atom. The zero-order valence-corrected chi connectivity index (χ0v) is 13.4. The lowest BCUT2D eigenvalue weighted by Gasteiger charge is -2.21. The molecule has 2 aliphatic carbocycles. The van der Waals surface area contributed by atoms with Crippen LogP contribution in [0, 0.1) is 0 Å². The molecule has 0 atom stereocenters. The van der Waals surface area contributed by atoms with Crippen molar-refractivity contribution >= 4 is 11.1 Å². The van der Waals surface area contributed by atoms with Crippen molar-refractivity contribution in [3.63, 3.8) is 0 Å². The van der Waals surface area contributed by atoms with Crippen LogP contribution in [0.2, 0.25) is 0 Å². The molecule has 0 amide bonds. The SMILES string of the molecule is C1=C2C(=CC1)c1ccccc1C(c1ccccc1)c1ccccc12. The predicted octanol–water partition coefficient (Wildman–Crippen LogP) is 6.05. The van der Waals surface area contributed by atoms with Crippen molar-refractivity contribution < 1.29 is 0 Å². The third-order valence-corrected chi connectivity index (χ3v) is 5.19. The van der Waals surface area contributed by atoms with Gasteiger partial charge in [-0.25, -0.2) is 0 Å². The second-order valence-corrected chi connectivity index (χ2v) is 6.49. The van der Waals surface area contributed by atoms with Gasteiger partial charge < -0.3 is 0 Å². The van der Waals surface area contributed by atoms with E-state index in [4.69, 9.17) is 0 Å². The van der Waals surface area contributed by atoms with Crippen LogP contribution in [0.4, 0.5) is 0 Å². The molecule has 0 spiro atoms. The van der Waals surface area contributed by atoms with Crippen LogP contribution in [0.1, 0.15) is 40.2 Å². The van der Waals surface area contributed by atoms with Gasteiger partial charge in [0.25, 0.3) is 0 Å². The van der Waals surface area contributed by atoms with Gasteiger partial charge in [-0.05, 0) is 45.4 Å². The van der Waals surface area contributed by atoms with Crippen molar-refractivity contribution in [2.75, 3.05) is 0 Å². The van der Waals surface area contributed by atoms with E-state index in [1.807, 2.05) is 0 Å². The Kier molecular flexibility index (Phi) is 3.02. The number of hydrogen-bond donors (Lipinski definition) is 0. The van der Waals surface area contributed by atoms with E-state index in [-0.39, 0.29) is 5.92 Å². The first-order valence-electron chi connectivity index (χ1n) is 8.58. The summed E-state index contributed by atoms with van der Waals surface area (Å²) >= 11 is 0. The highest BCUT2D eigenvalue weighted by Crippen LogP contribution is 2.48. The fourth-order valence-electron chi connectivity index (χ4n) is 4.18. The lowest BCUT2D eigenvalue weighted by Crippen LogP contribution is -2.05. The summed E-state index contributed by atoms with van der Waals surface area (Å²) in [6.45, 7) is 0. The molecule has 0 nitrogen and oxygen atoms in total. The highest BCUT2D eigenvalue weighted by atomic mass is 14.3. The molecule has 3 aromatic carbocycles. The van der Waals surface area contributed by atoms with Gasteiger partial charge in [0.1, 0.15) is 0 Å². The summed E-state index contributed by atoms with van der Waals surface area (Å²) in [5.41, 5.74) is 9.74. The number of hydrogen-bond acceptors (Lipinski definition) is 0. The highest BCUT2D eigenvalue weighted by Gasteiger charge is 2.30. The van der Waals surface area contributed by atoms with Gasteiger partial charge in [0.2, 0.25) is 0 Å². The second-order valence-electron chi connectivity index (χ2n) is 6.49. The van der Waals surface area contributed by atoms with E-state index < -0.39 is 0 Å². The van der Waals surface area contributed by atoms with Crippen LogP contribution < -0.4 is 0 Å². The van der Waals surface area contributed by atoms with Crippen LogP contribution in [0.25, 0.3) is 11.1 Å². The van der Waals surface area contributed by atoms with E-state index >= 15 is 0 Å². The zero-order valence-electron chi connectivity index (χ0n) is 13.4. The maximum absolute atomic E-state index is 2.37. The Bertz CT molecular complexity index is 912. The molecule has 0 N–H and O–H groups in total. The van der Waals surface area contributed by atoms with E-state index in [0.717, 1.165) is 6.42 Å². The van der Waals surface area contributed by atoms with E-state index in [1.165, 1.54) is 39.0 Å². The van der Waals surface area contributed by atoms with E-state index in [9.17, 15) is 0 Å². The molecule has 0 heteroatoms. The van der Waals surface area contributed by atoms with Crippen LogP contribution in [0.5, 0.6) is 0 Å². The van der Waals surface area contributed by atoms with Crippen molar-refractivity contribution in [1.29, 1.82) is 0 Å². The maximum Gasteiger partial charge on any atom is 0.0352 e. The average molecular weight is 306 g/mol. The lowest BCUT2D eigenvalue weighted by atomic mass is 9.82. The minimum atomic E-state index is 0.283. The van der Waals surface area contributed by atoms with E-state index in [1.54, 1.807) is 0 Å². The van der Waals surface area contributed by atoms with Crippen molar-refractivity contribution in [2.24, 2.45) is 0 Å². The first kappa shape index (κ1) is 13.6. The summed E-state index contributed by atoms with van der Waals surface area (Å²) in [4.78, 5) is 0. The molecule has 114 valence electrons. The van der Waals surface area contributed by atoms with Gasteiger partial charge in [-0.1, -0.05) is 91.0 Å². The first-order chi connectivity index (χ1) is 11.9. The Morgan fingerprint density at radius 1 is 0.542 bits per heavy atom.